The van der Waals surface area contributed by atoms with Gasteiger partial charge in [0.25, 0.3) is 0 Å². The van der Waals surface area contributed by atoms with E-state index in [4.69, 9.17) is 21.1 Å². The molecule has 1 saturated heterocycles. The first-order valence-corrected chi connectivity index (χ1v) is 6.05. The lowest BCUT2D eigenvalue weighted by molar-refractivity contribution is 0.0544. The van der Waals surface area contributed by atoms with Gasteiger partial charge >= 0.3 is 0 Å². The van der Waals surface area contributed by atoms with Crippen molar-refractivity contribution in [3.8, 4) is 5.75 Å². The van der Waals surface area contributed by atoms with Crippen LogP contribution < -0.4 is 4.74 Å². The number of hydrogen-bond donors (Lipinski definition) is 0. The molecular weight excluding hydrogens is 240 g/mol. The van der Waals surface area contributed by atoms with Crippen molar-refractivity contribution in [2.24, 2.45) is 5.92 Å². The minimum Gasteiger partial charge on any atom is -0.495 e. The number of ketones is 1. The zero-order valence-electron chi connectivity index (χ0n) is 9.74. The molecule has 92 valence electrons. The van der Waals surface area contributed by atoms with E-state index in [1.54, 1.807) is 25.3 Å². The normalized spacial score (nSPS) is 16.8. The van der Waals surface area contributed by atoms with Gasteiger partial charge in [0.15, 0.2) is 5.78 Å². The molecule has 1 aliphatic rings. The van der Waals surface area contributed by atoms with Gasteiger partial charge in [0.1, 0.15) is 5.75 Å². The molecule has 1 aliphatic heterocycles. The third-order valence-electron chi connectivity index (χ3n) is 3.03. The molecule has 0 aliphatic carbocycles. The van der Waals surface area contributed by atoms with Crippen LogP contribution in [-0.2, 0) is 4.74 Å². The van der Waals surface area contributed by atoms with Crippen LogP contribution in [0.5, 0.6) is 5.75 Å². The second-order valence-corrected chi connectivity index (χ2v) is 4.51. The van der Waals surface area contributed by atoms with Crippen LogP contribution in [0, 0.1) is 5.92 Å². The Morgan fingerprint density at radius 1 is 1.41 bits per heavy atom. The number of rotatable bonds is 3. The SMILES string of the molecule is COc1cc(C(=O)C2CCOCC2)ccc1Cl. The third-order valence-corrected chi connectivity index (χ3v) is 3.34. The topological polar surface area (TPSA) is 35.5 Å². The summed E-state index contributed by atoms with van der Waals surface area (Å²) in [6.45, 7) is 1.34. The highest BCUT2D eigenvalue weighted by atomic mass is 35.5. The predicted octanol–water partition coefficient (Wildman–Crippen LogP) is 2.96. The molecule has 0 spiro atoms. The van der Waals surface area contributed by atoms with Crippen molar-refractivity contribution in [1.29, 1.82) is 0 Å². The molecule has 0 saturated carbocycles. The summed E-state index contributed by atoms with van der Waals surface area (Å²) in [5.41, 5.74) is 0.665. The van der Waals surface area contributed by atoms with Crippen LogP contribution in [0.4, 0.5) is 0 Å². The van der Waals surface area contributed by atoms with Gasteiger partial charge in [-0.3, -0.25) is 4.79 Å². The maximum absolute atomic E-state index is 12.2. The van der Waals surface area contributed by atoms with Crippen molar-refractivity contribution < 1.29 is 14.3 Å². The number of carbonyl (C=O) groups is 1. The van der Waals surface area contributed by atoms with Crippen molar-refractivity contribution in [1.82, 2.24) is 0 Å². The molecule has 3 nitrogen and oxygen atoms in total. The maximum atomic E-state index is 12.2. The van der Waals surface area contributed by atoms with Gasteiger partial charge in [-0.2, -0.15) is 0 Å². The standard InChI is InChI=1S/C13H15ClO3/c1-16-12-8-10(2-3-11(12)14)13(15)9-4-6-17-7-5-9/h2-3,8-9H,4-7H2,1H3. The van der Waals surface area contributed by atoms with E-state index in [0.29, 0.717) is 29.5 Å². The molecule has 0 aromatic heterocycles. The number of benzene rings is 1. The van der Waals surface area contributed by atoms with E-state index in [-0.39, 0.29) is 11.7 Å². The van der Waals surface area contributed by atoms with Crippen molar-refractivity contribution in [3.05, 3.63) is 28.8 Å². The lowest BCUT2D eigenvalue weighted by atomic mass is 9.91. The molecule has 1 heterocycles. The van der Waals surface area contributed by atoms with E-state index >= 15 is 0 Å². The van der Waals surface area contributed by atoms with Gasteiger partial charge in [-0.05, 0) is 31.0 Å². The molecule has 2 rings (SSSR count). The average molecular weight is 255 g/mol. The van der Waals surface area contributed by atoms with Crippen LogP contribution in [0.3, 0.4) is 0 Å². The van der Waals surface area contributed by atoms with Gasteiger partial charge in [0.05, 0.1) is 12.1 Å². The fourth-order valence-electron chi connectivity index (χ4n) is 2.01. The van der Waals surface area contributed by atoms with Gasteiger partial charge in [0, 0.05) is 24.7 Å². The van der Waals surface area contributed by atoms with Crippen LogP contribution in [0.15, 0.2) is 18.2 Å². The Balaban J connectivity index is 2.18. The zero-order chi connectivity index (χ0) is 12.3. The number of halogens is 1. The van der Waals surface area contributed by atoms with Crippen LogP contribution in [0.2, 0.25) is 5.02 Å². The Morgan fingerprint density at radius 3 is 2.76 bits per heavy atom. The smallest absolute Gasteiger partial charge is 0.166 e. The average Bonchev–Trinajstić information content (AvgIpc) is 2.39. The highest BCUT2D eigenvalue weighted by Gasteiger charge is 2.23. The number of hydrogen-bond acceptors (Lipinski definition) is 3. The van der Waals surface area contributed by atoms with Crippen molar-refractivity contribution in [2.45, 2.75) is 12.8 Å². The van der Waals surface area contributed by atoms with Gasteiger partial charge in [0.2, 0.25) is 0 Å². The molecule has 0 unspecified atom stereocenters. The van der Waals surface area contributed by atoms with Gasteiger partial charge < -0.3 is 9.47 Å². The Kier molecular flexibility index (Phi) is 4.02. The molecule has 1 aromatic carbocycles. The van der Waals surface area contributed by atoms with E-state index < -0.39 is 0 Å². The molecule has 17 heavy (non-hydrogen) atoms. The predicted molar refractivity (Wildman–Crippen MR) is 65.9 cm³/mol. The summed E-state index contributed by atoms with van der Waals surface area (Å²) in [5.74, 6) is 0.766. The Hall–Kier alpha value is -1.06. The number of Topliss-reactive ketones (excluding diaryl/α,β-unsaturated/α-hetero) is 1. The summed E-state index contributed by atoms with van der Waals surface area (Å²) in [7, 11) is 1.55. The summed E-state index contributed by atoms with van der Waals surface area (Å²) in [5, 5.41) is 0.524. The van der Waals surface area contributed by atoms with Crippen molar-refractivity contribution in [3.63, 3.8) is 0 Å². The molecule has 0 radical (unpaired) electrons. The van der Waals surface area contributed by atoms with E-state index in [2.05, 4.69) is 0 Å². The molecule has 0 amide bonds. The Morgan fingerprint density at radius 2 is 2.12 bits per heavy atom. The molecular formula is C13H15ClO3. The number of ether oxygens (including phenoxy) is 2. The van der Waals surface area contributed by atoms with E-state index in [1.807, 2.05) is 0 Å². The summed E-state index contributed by atoms with van der Waals surface area (Å²) >= 11 is 5.93. The molecule has 0 N–H and O–H groups in total. The first-order chi connectivity index (χ1) is 8.22. The largest absolute Gasteiger partial charge is 0.495 e. The molecule has 1 fully saturated rings. The van der Waals surface area contributed by atoms with Crippen LogP contribution >= 0.6 is 11.6 Å². The molecule has 1 aromatic rings. The highest BCUT2D eigenvalue weighted by molar-refractivity contribution is 6.32. The maximum Gasteiger partial charge on any atom is 0.166 e. The minimum atomic E-state index is 0.0645. The quantitative estimate of drug-likeness (QED) is 0.778. The minimum absolute atomic E-state index is 0.0645. The first kappa shape index (κ1) is 12.4. The molecule has 0 atom stereocenters. The summed E-state index contributed by atoms with van der Waals surface area (Å²) in [6.07, 6.45) is 1.59. The summed E-state index contributed by atoms with van der Waals surface area (Å²) < 4.78 is 10.4. The zero-order valence-corrected chi connectivity index (χ0v) is 10.5. The fourth-order valence-corrected chi connectivity index (χ4v) is 2.20. The Labute approximate surface area is 106 Å². The summed E-state index contributed by atoms with van der Waals surface area (Å²) in [6, 6.07) is 5.16. The summed E-state index contributed by atoms with van der Waals surface area (Å²) in [4.78, 5) is 12.2. The first-order valence-electron chi connectivity index (χ1n) is 5.68. The van der Waals surface area contributed by atoms with Crippen LogP contribution in [0.1, 0.15) is 23.2 Å². The van der Waals surface area contributed by atoms with Gasteiger partial charge in [-0.15, -0.1) is 0 Å². The van der Waals surface area contributed by atoms with Gasteiger partial charge in [-0.1, -0.05) is 11.6 Å². The number of carbonyl (C=O) groups excluding carboxylic acids is 1. The van der Waals surface area contributed by atoms with Crippen molar-refractivity contribution >= 4 is 17.4 Å². The second kappa shape index (κ2) is 5.52. The monoisotopic (exact) mass is 254 g/mol. The molecule has 4 heteroatoms. The Bertz CT molecular complexity index is 411. The van der Waals surface area contributed by atoms with E-state index in [1.165, 1.54) is 0 Å². The van der Waals surface area contributed by atoms with E-state index in [0.717, 1.165) is 12.8 Å². The van der Waals surface area contributed by atoms with Gasteiger partial charge in [-0.25, -0.2) is 0 Å². The van der Waals surface area contributed by atoms with Crippen molar-refractivity contribution in [2.75, 3.05) is 20.3 Å². The molecule has 0 bridgehead atoms. The van der Waals surface area contributed by atoms with Crippen LogP contribution in [-0.4, -0.2) is 26.1 Å². The highest BCUT2D eigenvalue weighted by Crippen LogP contribution is 2.28. The lowest BCUT2D eigenvalue weighted by Crippen LogP contribution is -2.23. The third kappa shape index (κ3) is 2.79. The number of methoxy groups -OCH3 is 1. The second-order valence-electron chi connectivity index (χ2n) is 4.10. The lowest BCUT2D eigenvalue weighted by Gasteiger charge is -2.21. The van der Waals surface area contributed by atoms with E-state index in [9.17, 15) is 4.79 Å². The van der Waals surface area contributed by atoms with Crippen LogP contribution in [0.25, 0.3) is 0 Å². The fraction of sp³-hybridized carbons (Fsp3) is 0.462.